The minimum atomic E-state index is -0.209. The number of amides is 2. The van der Waals surface area contributed by atoms with Gasteiger partial charge in [-0.1, -0.05) is 102 Å². The van der Waals surface area contributed by atoms with Gasteiger partial charge in [0.05, 0.1) is 29.3 Å². The van der Waals surface area contributed by atoms with Gasteiger partial charge in [0, 0.05) is 5.56 Å². The van der Waals surface area contributed by atoms with Crippen LogP contribution in [0.1, 0.15) is 22.3 Å². The van der Waals surface area contributed by atoms with Crippen LogP contribution in [0.3, 0.4) is 0 Å². The maximum atomic E-state index is 13.6. The van der Waals surface area contributed by atoms with Crippen molar-refractivity contribution in [1.29, 1.82) is 0 Å². The van der Waals surface area contributed by atoms with Gasteiger partial charge < -0.3 is 4.90 Å². The van der Waals surface area contributed by atoms with Crippen LogP contribution in [0, 0.1) is 6.92 Å². The first-order chi connectivity index (χ1) is 15.5. The van der Waals surface area contributed by atoms with Crippen LogP contribution in [0.15, 0.2) is 83.8 Å². The maximum Gasteiger partial charge on any atom is 0.267 e. The number of nitrogens with zero attached hydrogens (tertiary/aromatic N) is 2. The highest BCUT2D eigenvalue weighted by molar-refractivity contribution is 8.26. The van der Waals surface area contributed by atoms with Crippen LogP contribution in [-0.4, -0.2) is 21.0 Å². The Hall–Kier alpha value is -3.22. The van der Waals surface area contributed by atoms with Crippen LogP contribution in [0.4, 0.5) is 5.69 Å². The molecule has 5 rings (SSSR count). The molecule has 0 aromatic heterocycles. The van der Waals surface area contributed by atoms with E-state index in [0.29, 0.717) is 27.9 Å². The zero-order valence-electron chi connectivity index (χ0n) is 17.4. The largest absolute Gasteiger partial charge is 0.303 e. The van der Waals surface area contributed by atoms with E-state index in [0.717, 1.165) is 22.4 Å². The number of thioether (sulfide) groups is 1. The number of carbonyl (C=O) groups is 2. The van der Waals surface area contributed by atoms with E-state index in [1.807, 2.05) is 85.8 Å². The Balaban J connectivity index is 1.51. The number of carbonyl (C=O) groups excluding carboxylic acids is 2. The Morgan fingerprint density at radius 3 is 2.12 bits per heavy atom. The average molecular weight is 457 g/mol. The minimum Gasteiger partial charge on any atom is -0.303 e. The Bertz CT molecular complexity index is 1270. The number of thiocarbonyl (C=S) groups is 1. The summed E-state index contributed by atoms with van der Waals surface area (Å²) < 4.78 is 0.476. The summed E-state index contributed by atoms with van der Waals surface area (Å²) in [6.45, 7) is 2.88. The van der Waals surface area contributed by atoms with E-state index in [9.17, 15) is 9.59 Å². The number of anilines is 1. The van der Waals surface area contributed by atoms with Gasteiger partial charge in [-0.05, 0) is 24.1 Å². The summed E-state index contributed by atoms with van der Waals surface area (Å²) in [5.41, 5.74) is 5.25. The van der Waals surface area contributed by atoms with Crippen molar-refractivity contribution in [1.82, 2.24) is 4.90 Å². The molecule has 0 spiro atoms. The lowest BCUT2D eigenvalue weighted by molar-refractivity contribution is -0.122. The summed E-state index contributed by atoms with van der Waals surface area (Å²) in [4.78, 5) is 30.7. The van der Waals surface area contributed by atoms with E-state index in [-0.39, 0.29) is 11.8 Å². The second kappa shape index (κ2) is 8.37. The van der Waals surface area contributed by atoms with Gasteiger partial charge in [0.2, 0.25) is 0 Å². The van der Waals surface area contributed by atoms with Gasteiger partial charge >= 0.3 is 0 Å². The molecule has 0 N–H and O–H groups in total. The topological polar surface area (TPSA) is 40.6 Å². The SMILES string of the molecule is Cc1ccc(CN2C(=O)/C(=C3\SC(=S)N(Cc4ccccc4)C3=O)c3ccccc32)cc1. The second-order valence-corrected chi connectivity index (χ2v) is 9.49. The van der Waals surface area contributed by atoms with Crippen molar-refractivity contribution in [2.24, 2.45) is 0 Å². The average Bonchev–Trinajstić information content (AvgIpc) is 3.23. The molecule has 2 aliphatic heterocycles. The summed E-state index contributed by atoms with van der Waals surface area (Å²) in [6, 6.07) is 25.5. The molecule has 0 bridgehead atoms. The molecule has 0 aliphatic carbocycles. The predicted molar refractivity (Wildman–Crippen MR) is 133 cm³/mol. The fourth-order valence-electron chi connectivity index (χ4n) is 3.98. The number of aryl methyl sites for hydroxylation is 1. The van der Waals surface area contributed by atoms with Gasteiger partial charge in [-0.3, -0.25) is 14.5 Å². The maximum absolute atomic E-state index is 13.6. The first-order valence-electron chi connectivity index (χ1n) is 10.3. The number of benzene rings is 3. The number of fused-ring (bicyclic) bond motifs is 1. The highest BCUT2D eigenvalue weighted by Crippen LogP contribution is 2.45. The van der Waals surface area contributed by atoms with Crippen molar-refractivity contribution < 1.29 is 9.59 Å². The fraction of sp³-hybridized carbons (Fsp3) is 0.115. The summed E-state index contributed by atoms with van der Waals surface area (Å²) in [7, 11) is 0. The molecule has 32 heavy (non-hydrogen) atoms. The number of para-hydroxylation sites is 1. The van der Waals surface area contributed by atoms with Crippen molar-refractivity contribution in [2.75, 3.05) is 4.90 Å². The van der Waals surface area contributed by atoms with Gasteiger partial charge in [-0.25, -0.2) is 0 Å². The van der Waals surface area contributed by atoms with E-state index in [2.05, 4.69) is 0 Å². The van der Waals surface area contributed by atoms with Crippen molar-refractivity contribution in [3.8, 4) is 0 Å². The fourth-order valence-corrected chi connectivity index (χ4v) is 5.31. The number of hydrogen-bond donors (Lipinski definition) is 0. The van der Waals surface area contributed by atoms with Gasteiger partial charge in [-0.2, -0.15) is 0 Å². The third-order valence-electron chi connectivity index (χ3n) is 5.64. The normalized spacial score (nSPS) is 18.0. The van der Waals surface area contributed by atoms with Crippen LogP contribution in [0.5, 0.6) is 0 Å². The van der Waals surface area contributed by atoms with Gasteiger partial charge in [-0.15, -0.1) is 0 Å². The third kappa shape index (κ3) is 3.66. The molecule has 1 fully saturated rings. The van der Waals surface area contributed by atoms with Gasteiger partial charge in [0.25, 0.3) is 11.8 Å². The molecule has 3 aromatic rings. The highest BCUT2D eigenvalue weighted by Gasteiger charge is 2.41. The van der Waals surface area contributed by atoms with E-state index >= 15 is 0 Å². The molecular weight excluding hydrogens is 436 g/mol. The molecule has 1 saturated heterocycles. The molecule has 2 amide bonds. The molecule has 2 aliphatic rings. The second-order valence-electron chi connectivity index (χ2n) is 7.84. The van der Waals surface area contributed by atoms with Crippen LogP contribution in [0.2, 0.25) is 0 Å². The first-order valence-corrected chi connectivity index (χ1v) is 11.5. The lowest BCUT2D eigenvalue weighted by Gasteiger charge is -2.17. The van der Waals surface area contributed by atoms with Crippen molar-refractivity contribution >= 4 is 51.4 Å². The molecule has 2 heterocycles. The van der Waals surface area contributed by atoms with Gasteiger partial charge in [0.15, 0.2) is 0 Å². The van der Waals surface area contributed by atoms with Crippen molar-refractivity contribution in [3.05, 3.63) is 106 Å². The zero-order valence-corrected chi connectivity index (χ0v) is 19.1. The van der Waals surface area contributed by atoms with E-state index in [4.69, 9.17) is 12.2 Å². The molecular formula is C26H20N2O2S2. The zero-order chi connectivity index (χ0) is 22.2. The Morgan fingerprint density at radius 2 is 1.38 bits per heavy atom. The van der Waals surface area contributed by atoms with Crippen molar-refractivity contribution in [2.45, 2.75) is 20.0 Å². The molecule has 0 saturated carbocycles. The number of rotatable bonds is 4. The lowest BCUT2D eigenvalue weighted by atomic mass is 10.1. The number of hydrogen-bond acceptors (Lipinski definition) is 4. The quantitative estimate of drug-likeness (QED) is 0.394. The van der Waals surface area contributed by atoms with E-state index in [1.54, 1.807) is 9.80 Å². The standard InChI is InChI=1S/C26H20N2O2S2/c1-17-11-13-19(14-12-17)15-27-21-10-6-5-9-20(21)22(24(27)29)23-25(30)28(26(31)32-23)16-18-7-3-2-4-8-18/h2-14H,15-16H2,1H3/b23-22-. The molecule has 3 aromatic carbocycles. The highest BCUT2D eigenvalue weighted by atomic mass is 32.2. The van der Waals surface area contributed by atoms with Crippen LogP contribution in [-0.2, 0) is 22.7 Å². The van der Waals surface area contributed by atoms with Crippen LogP contribution < -0.4 is 4.90 Å². The molecule has 0 atom stereocenters. The summed E-state index contributed by atoms with van der Waals surface area (Å²) in [5, 5.41) is 0. The van der Waals surface area contributed by atoms with Crippen molar-refractivity contribution in [3.63, 3.8) is 0 Å². The monoisotopic (exact) mass is 456 g/mol. The molecule has 158 valence electrons. The molecule has 0 radical (unpaired) electrons. The minimum absolute atomic E-state index is 0.160. The first kappa shape index (κ1) is 20.7. The predicted octanol–water partition coefficient (Wildman–Crippen LogP) is 5.31. The Morgan fingerprint density at radius 1 is 0.750 bits per heavy atom. The smallest absolute Gasteiger partial charge is 0.267 e. The van der Waals surface area contributed by atoms with Crippen LogP contribution >= 0.6 is 24.0 Å². The van der Waals surface area contributed by atoms with E-state index in [1.165, 1.54) is 17.3 Å². The third-order valence-corrected chi connectivity index (χ3v) is 7.09. The summed E-state index contributed by atoms with van der Waals surface area (Å²) >= 11 is 6.74. The summed E-state index contributed by atoms with van der Waals surface area (Å²) in [5.74, 6) is -0.369. The van der Waals surface area contributed by atoms with Crippen LogP contribution in [0.25, 0.3) is 5.57 Å². The van der Waals surface area contributed by atoms with Gasteiger partial charge in [0.1, 0.15) is 4.32 Å². The molecule has 0 unspecified atom stereocenters. The Labute approximate surface area is 196 Å². The van der Waals surface area contributed by atoms with E-state index < -0.39 is 0 Å². The lowest BCUT2D eigenvalue weighted by Crippen LogP contribution is -2.29. The summed E-state index contributed by atoms with van der Waals surface area (Å²) in [6.07, 6.45) is 0. The Kier molecular flexibility index (Phi) is 5.41. The molecule has 4 nitrogen and oxygen atoms in total. The molecule has 6 heteroatoms.